The van der Waals surface area contributed by atoms with E-state index in [1.165, 1.54) is 7.11 Å². The highest BCUT2D eigenvalue weighted by atomic mass is 35.5. The van der Waals surface area contributed by atoms with Gasteiger partial charge in [0.2, 0.25) is 0 Å². The molecule has 4 aromatic rings. The zero-order valence-corrected chi connectivity index (χ0v) is 19.8. The molecular formula is C22H25ClFN7O3. The lowest BCUT2D eigenvalue weighted by Gasteiger charge is -2.32. The Labute approximate surface area is 200 Å². The normalized spacial score (nSPS) is 15.8. The SMILES string of the molecule is COC[C@H](c1n[nH]c(-c2c(-n3ccnc3)c3cc(OC)c(Cl)c(F)c3n2C)n1)N1CCOCC1. The third kappa shape index (κ3) is 3.74. The van der Waals surface area contributed by atoms with Gasteiger partial charge in [0.25, 0.3) is 0 Å². The van der Waals surface area contributed by atoms with Crippen LogP contribution in [0.25, 0.3) is 28.1 Å². The van der Waals surface area contributed by atoms with E-state index < -0.39 is 5.82 Å². The van der Waals surface area contributed by atoms with E-state index in [1.807, 2.05) is 0 Å². The van der Waals surface area contributed by atoms with Gasteiger partial charge in [0, 0.05) is 45.0 Å². The third-order valence-corrected chi connectivity index (χ3v) is 6.47. The molecule has 0 unspecified atom stereocenters. The Morgan fingerprint density at radius 1 is 1.29 bits per heavy atom. The van der Waals surface area contributed by atoms with Crippen LogP contribution in [-0.4, -0.2) is 81.3 Å². The van der Waals surface area contributed by atoms with Crippen molar-refractivity contribution in [2.75, 3.05) is 47.1 Å². The molecule has 0 saturated carbocycles. The molecule has 3 aromatic heterocycles. The number of aromatic amines is 1. The van der Waals surface area contributed by atoms with E-state index in [2.05, 4.69) is 20.1 Å². The number of H-pyrrole nitrogens is 1. The predicted molar refractivity (Wildman–Crippen MR) is 124 cm³/mol. The summed E-state index contributed by atoms with van der Waals surface area (Å²) in [5.74, 6) is 0.755. The molecule has 1 aliphatic rings. The molecule has 1 aromatic carbocycles. The number of benzene rings is 1. The molecule has 1 atom stereocenters. The first-order valence-corrected chi connectivity index (χ1v) is 11.2. The number of hydrogen-bond donors (Lipinski definition) is 1. The minimum atomic E-state index is -0.573. The second-order valence-corrected chi connectivity index (χ2v) is 8.37. The fourth-order valence-electron chi connectivity index (χ4n) is 4.49. The Morgan fingerprint density at radius 3 is 2.76 bits per heavy atom. The zero-order valence-electron chi connectivity index (χ0n) is 19.1. The van der Waals surface area contributed by atoms with Gasteiger partial charge in [0.1, 0.15) is 16.5 Å². The lowest BCUT2D eigenvalue weighted by Crippen LogP contribution is -2.41. The highest BCUT2D eigenvalue weighted by Crippen LogP contribution is 2.41. The first kappa shape index (κ1) is 22.8. The summed E-state index contributed by atoms with van der Waals surface area (Å²) in [5.41, 5.74) is 1.64. The van der Waals surface area contributed by atoms with Crippen molar-refractivity contribution in [2.24, 2.45) is 7.05 Å². The van der Waals surface area contributed by atoms with Gasteiger partial charge in [-0.15, -0.1) is 0 Å². The fraction of sp³-hybridized carbons (Fsp3) is 0.409. The predicted octanol–water partition coefficient (Wildman–Crippen LogP) is 2.97. The van der Waals surface area contributed by atoms with Crippen LogP contribution in [0.5, 0.6) is 5.75 Å². The Bertz CT molecular complexity index is 1300. The molecule has 1 saturated heterocycles. The maximum absolute atomic E-state index is 15.4. The van der Waals surface area contributed by atoms with Crippen LogP contribution in [0.2, 0.25) is 5.02 Å². The van der Waals surface area contributed by atoms with Gasteiger partial charge in [-0.05, 0) is 6.07 Å². The molecule has 1 N–H and O–H groups in total. The Balaban J connectivity index is 1.69. The monoisotopic (exact) mass is 489 g/mol. The topological polar surface area (TPSA) is 95.2 Å². The molecule has 4 heterocycles. The van der Waals surface area contributed by atoms with Crippen LogP contribution in [0.4, 0.5) is 4.39 Å². The van der Waals surface area contributed by atoms with Crippen LogP contribution in [0.1, 0.15) is 11.9 Å². The minimum Gasteiger partial charge on any atom is -0.495 e. The van der Waals surface area contributed by atoms with E-state index >= 15 is 4.39 Å². The molecular weight excluding hydrogens is 465 g/mol. The summed E-state index contributed by atoms with van der Waals surface area (Å²) < 4.78 is 35.2. The summed E-state index contributed by atoms with van der Waals surface area (Å²) in [6.07, 6.45) is 5.09. The second kappa shape index (κ2) is 9.34. The van der Waals surface area contributed by atoms with Crippen molar-refractivity contribution < 1.29 is 18.6 Å². The van der Waals surface area contributed by atoms with Crippen molar-refractivity contribution in [3.8, 4) is 23.0 Å². The second-order valence-electron chi connectivity index (χ2n) is 7.99. The summed E-state index contributed by atoms with van der Waals surface area (Å²) in [5, 5.41) is 8.09. The maximum atomic E-state index is 15.4. The molecule has 0 amide bonds. The van der Waals surface area contributed by atoms with Gasteiger partial charge >= 0.3 is 0 Å². The Kier molecular flexibility index (Phi) is 6.26. The minimum absolute atomic E-state index is 0.0786. The number of rotatable bonds is 7. The number of aromatic nitrogens is 6. The van der Waals surface area contributed by atoms with Gasteiger partial charge in [-0.3, -0.25) is 10.00 Å². The molecule has 0 radical (unpaired) electrons. The molecule has 1 fully saturated rings. The van der Waals surface area contributed by atoms with Crippen molar-refractivity contribution in [3.63, 3.8) is 0 Å². The zero-order chi connectivity index (χ0) is 23.8. The van der Waals surface area contributed by atoms with E-state index in [0.29, 0.717) is 53.8 Å². The number of fused-ring (bicyclic) bond motifs is 1. The number of hydrogen-bond acceptors (Lipinski definition) is 7. The quantitative estimate of drug-likeness (QED) is 0.426. The summed E-state index contributed by atoms with van der Waals surface area (Å²) in [7, 11) is 4.88. The van der Waals surface area contributed by atoms with E-state index in [-0.39, 0.29) is 16.8 Å². The van der Waals surface area contributed by atoms with Crippen LogP contribution in [0.15, 0.2) is 24.8 Å². The number of imidazole rings is 1. The van der Waals surface area contributed by atoms with Gasteiger partial charge in [-0.2, -0.15) is 5.10 Å². The highest BCUT2D eigenvalue weighted by molar-refractivity contribution is 6.33. The van der Waals surface area contributed by atoms with E-state index in [9.17, 15) is 0 Å². The summed E-state index contributed by atoms with van der Waals surface area (Å²) >= 11 is 6.25. The van der Waals surface area contributed by atoms with E-state index in [4.69, 9.17) is 30.8 Å². The number of nitrogens with zero attached hydrogens (tertiary/aromatic N) is 6. The number of aryl methyl sites for hydroxylation is 1. The lowest BCUT2D eigenvalue weighted by atomic mass is 10.2. The molecule has 10 nitrogen and oxygen atoms in total. The molecule has 34 heavy (non-hydrogen) atoms. The van der Waals surface area contributed by atoms with Gasteiger partial charge in [-0.1, -0.05) is 11.6 Å². The van der Waals surface area contributed by atoms with Crippen molar-refractivity contribution in [1.29, 1.82) is 0 Å². The molecule has 0 spiro atoms. The molecule has 1 aliphatic heterocycles. The average molecular weight is 490 g/mol. The first-order chi connectivity index (χ1) is 16.5. The van der Waals surface area contributed by atoms with Crippen molar-refractivity contribution >= 4 is 22.5 Å². The Hall–Kier alpha value is -2.99. The molecule has 12 heteroatoms. The van der Waals surface area contributed by atoms with Crippen LogP contribution in [-0.2, 0) is 16.5 Å². The summed E-state index contributed by atoms with van der Waals surface area (Å²) in [4.78, 5) is 11.2. The Morgan fingerprint density at radius 2 is 2.09 bits per heavy atom. The van der Waals surface area contributed by atoms with Gasteiger partial charge in [0.15, 0.2) is 17.5 Å². The fourth-order valence-corrected chi connectivity index (χ4v) is 4.71. The van der Waals surface area contributed by atoms with E-state index in [0.717, 1.165) is 13.1 Å². The van der Waals surface area contributed by atoms with Crippen LogP contribution in [0.3, 0.4) is 0 Å². The molecule has 0 aliphatic carbocycles. The van der Waals surface area contributed by atoms with Crippen LogP contribution < -0.4 is 4.74 Å². The van der Waals surface area contributed by atoms with Crippen molar-refractivity contribution in [1.82, 2.24) is 34.2 Å². The standard InChI is InChI=1S/C22H25ClFN7O3/c1-29-18-13(10-15(33-3)16(23)17(18)24)19(31-5-4-25-12-31)20(29)22-26-21(27-28-22)14(11-32-2)30-6-8-34-9-7-30/h4-5,10,12,14H,6-9,11H2,1-3H3,(H,26,27,28)/t14-/m1/s1. The van der Waals surface area contributed by atoms with Gasteiger partial charge in [0.05, 0.1) is 50.5 Å². The van der Waals surface area contributed by atoms with Crippen LogP contribution in [0, 0.1) is 5.82 Å². The van der Waals surface area contributed by atoms with Crippen LogP contribution >= 0.6 is 11.6 Å². The smallest absolute Gasteiger partial charge is 0.174 e. The highest BCUT2D eigenvalue weighted by Gasteiger charge is 2.29. The first-order valence-electron chi connectivity index (χ1n) is 10.8. The maximum Gasteiger partial charge on any atom is 0.174 e. The van der Waals surface area contributed by atoms with Crippen molar-refractivity contribution in [2.45, 2.75) is 6.04 Å². The van der Waals surface area contributed by atoms with E-state index in [1.54, 1.807) is 48.1 Å². The lowest BCUT2D eigenvalue weighted by molar-refractivity contribution is -0.00608. The largest absolute Gasteiger partial charge is 0.495 e. The van der Waals surface area contributed by atoms with Gasteiger partial charge in [-0.25, -0.2) is 14.4 Å². The number of morpholine rings is 1. The number of ether oxygens (including phenoxy) is 3. The van der Waals surface area contributed by atoms with Gasteiger partial charge < -0.3 is 23.3 Å². The van der Waals surface area contributed by atoms with Crippen molar-refractivity contribution in [3.05, 3.63) is 41.5 Å². The summed E-state index contributed by atoms with van der Waals surface area (Å²) in [6.45, 7) is 3.24. The number of methoxy groups -OCH3 is 2. The molecule has 5 rings (SSSR count). The average Bonchev–Trinajstić information content (AvgIpc) is 3.60. The number of halogens is 2. The third-order valence-electron chi connectivity index (χ3n) is 6.12. The summed E-state index contributed by atoms with van der Waals surface area (Å²) in [6, 6.07) is 1.58. The number of nitrogens with one attached hydrogen (secondary N) is 1. The molecule has 180 valence electrons. The molecule has 0 bridgehead atoms.